The Balaban J connectivity index is 1.89. The zero-order valence-electron chi connectivity index (χ0n) is 17.5. The van der Waals surface area contributed by atoms with Crippen LogP contribution in [0.15, 0.2) is 71.2 Å². The number of nitrogens with one attached hydrogen (secondary N) is 1. The van der Waals surface area contributed by atoms with Crippen LogP contribution in [-0.4, -0.2) is 25.5 Å². The zero-order valence-corrected chi connectivity index (χ0v) is 17.5. The first-order chi connectivity index (χ1) is 14.6. The number of aliphatic imine (C=N–C) groups is 1. The standard InChI is InChI=1S/C26H27N2O2/c1-4-9-19(2)16-23(18-27-3)25-24(28-26(29)30-25)22-13-8-12-21(17-22)15-14-20-10-6-5-7-11-20/h5-8,10-13,16-19,24-25H,1,4,9H2,2-3H3,(H,28,29)/q-1/b23-16+,27-18?. The molecule has 0 spiro atoms. The van der Waals surface area contributed by atoms with E-state index >= 15 is 0 Å². The Bertz CT molecular complexity index is 983. The minimum atomic E-state index is -0.439. The summed E-state index contributed by atoms with van der Waals surface area (Å²) in [5, 5.41) is 2.94. The van der Waals surface area contributed by atoms with Crippen LogP contribution >= 0.6 is 0 Å². The van der Waals surface area contributed by atoms with Crippen molar-refractivity contribution in [3.63, 3.8) is 0 Å². The molecule has 1 fully saturated rings. The molecule has 2 aromatic carbocycles. The van der Waals surface area contributed by atoms with E-state index in [1.54, 1.807) is 13.3 Å². The van der Waals surface area contributed by atoms with E-state index in [0.717, 1.165) is 35.1 Å². The lowest BCUT2D eigenvalue weighted by Gasteiger charge is -2.20. The molecule has 4 nitrogen and oxygen atoms in total. The highest BCUT2D eigenvalue weighted by Gasteiger charge is 2.37. The van der Waals surface area contributed by atoms with Gasteiger partial charge in [0.15, 0.2) is 6.10 Å². The molecule has 3 unspecified atom stereocenters. The van der Waals surface area contributed by atoms with E-state index in [2.05, 4.69) is 42.1 Å². The fraction of sp³-hybridized carbons (Fsp3) is 0.269. The van der Waals surface area contributed by atoms with Crippen molar-refractivity contribution in [2.75, 3.05) is 7.05 Å². The van der Waals surface area contributed by atoms with Gasteiger partial charge in [0.2, 0.25) is 0 Å². The fourth-order valence-electron chi connectivity index (χ4n) is 3.51. The van der Waals surface area contributed by atoms with Gasteiger partial charge in [0.25, 0.3) is 0 Å². The monoisotopic (exact) mass is 399 g/mol. The van der Waals surface area contributed by atoms with Gasteiger partial charge in [0.05, 0.1) is 6.04 Å². The first-order valence-electron chi connectivity index (χ1n) is 10.2. The Morgan fingerprint density at radius 1 is 1.20 bits per heavy atom. The number of benzene rings is 2. The summed E-state index contributed by atoms with van der Waals surface area (Å²) in [7, 11) is 1.72. The number of carbonyl (C=O) groups excluding carboxylic acids is 1. The highest BCUT2D eigenvalue weighted by atomic mass is 16.6. The van der Waals surface area contributed by atoms with Crippen LogP contribution in [0.4, 0.5) is 4.79 Å². The van der Waals surface area contributed by atoms with Crippen molar-refractivity contribution in [3.8, 4) is 11.8 Å². The van der Waals surface area contributed by atoms with Gasteiger partial charge >= 0.3 is 6.09 Å². The molecule has 0 aromatic heterocycles. The third-order valence-electron chi connectivity index (χ3n) is 4.92. The molecule has 1 aliphatic heterocycles. The maximum absolute atomic E-state index is 12.1. The van der Waals surface area contributed by atoms with Crippen molar-refractivity contribution in [2.24, 2.45) is 10.9 Å². The Hall–Kier alpha value is -3.32. The molecule has 0 saturated carbocycles. The number of hydrogen-bond acceptors (Lipinski definition) is 3. The zero-order chi connectivity index (χ0) is 21.3. The van der Waals surface area contributed by atoms with E-state index in [9.17, 15) is 4.79 Å². The third kappa shape index (κ3) is 5.61. The molecule has 4 heteroatoms. The highest BCUT2D eigenvalue weighted by molar-refractivity contribution is 5.83. The van der Waals surface area contributed by atoms with E-state index < -0.39 is 12.2 Å². The van der Waals surface area contributed by atoms with Crippen molar-refractivity contribution in [2.45, 2.75) is 31.9 Å². The Kier molecular flexibility index (Phi) is 7.45. The molecule has 0 radical (unpaired) electrons. The Morgan fingerprint density at radius 3 is 2.67 bits per heavy atom. The number of nitrogens with zero attached hydrogens (tertiary/aromatic N) is 1. The second-order valence-electron chi connectivity index (χ2n) is 7.36. The molecule has 1 aliphatic rings. The molecule has 1 heterocycles. The summed E-state index contributed by atoms with van der Waals surface area (Å²) in [6.07, 6.45) is 4.84. The van der Waals surface area contributed by atoms with Crippen LogP contribution in [0.2, 0.25) is 0 Å². The van der Waals surface area contributed by atoms with Crippen molar-refractivity contribution in [1.29, 1.82) is 0 Å². The summed E-state index contributed by atoms with van der Waals surface area (Å²) in [6.45, 7) is 6.06. The predicted molar refractivity (Wildman–Crippen MR) is 121 cm³/mol. The predicted octanol–water partition coefficient (Wildman–Crippen LogP) is 5.11. The molecular formula is C26H27N2O2-. The second-order valence-corrected chi connectivity index (χ2v) is 7.36. The van der Waals surface area contributed by atoms with Crippen LogP contribution in [0.25, 0.3) is 0 Å². The van der Waals surface area contributed by atoms with Gasteiger partial charge in [-0.05, 0) is 35.7 Å². The van der Waals surface area contributed by atoms with E-state index in [1.807, 2.05) is 54.6 Å². The summed E-state index contributed by atoms with van der Waals surface area (Å²) in [5.74, 6) is 6.70. The van der Waals surface area contributed by atoms with E-state index in [4.69, 9.17) is 4.74 Å². The lowest BCUT2D eigenvalue weighted by atomic mass is 9.92. The van der Waals surface area contributed by atoms with Crippen molar-refractivity contribution >= 4 is 12.3 Å². The molecule has 30 heavy (non-hydrogen) atoms. The maximum atomic E-state index is 12.1. The number of alkyl carbamates (subject to hydrolysis) is 1. The number of cyclic esters (lactones) is 1. The summed E-state index contributed by atoms with van der Waals surface area (Å²) < 4.78 is 5.63. The van der Waals surface area contributed by atoms with Gasteiger partial charge in [-0.1, -0.05) is 61.6 Å². The topological polar surface area (TPSA) is 50.7 Å². The minimum absolute atomic E-state index is 0.299. The van der Waals surface area contributed by atoms with E-state index in [1.165, 1.54) is 0 Å². The molecule has 0 bridgehead atoms. The molecule has 2 aromatic rings. The largest absolute Gasteiger partial charge is 0.439 e. The number of hydrogen-bond donors (Lipinski definition) is 1. The van der Waals surface area contributed by atoms with Gasteiger partial charge in [0.1, 0.15) is 0 Å². The van der Waals surface area contributed by atoms with Crippen molar-refractivity contribution < 1.29 is 9.53 Å². The number of ether oxygens (including phenoxy) is 1. The van der Waals surface area contributed by atoms with Gasteiger partial charge in [-0.25, -0.2) is 4.79 Å². The molecular weight excluding hydrogens is 372 g/mol. The molecule has 1 amide bonds. The van der Waals surface area contributed by atoms with Gasteiger partial charge in [-0.2, -0.15) is 6.42 Å². The number of carbonyl (C=O) groups is 1. The van der Waals surface area contributed by atoms with Crippen LogP contribution < -0.4 is 5.32 Å². The summed E-state index contributed by atoms with van der Waals surface area (Å²) >= 11 is 0. The molecule has 154 valence electrons. The normalized spacial score (nSPS) is 19.7. The summed E-state index contributed by atoms with van der Waals surface area (Å²) in [4.78, 5) is 16.3. The van der Waals surface area contributed by atoms with E-state index in [-0.39, 0.29) is 6.04 Å². The van der Waals surface area contributed by atoms with Crippen molar-refractivity contribution in [1.82, 2.24) is 5.32 Å². The lowest BCUT2D eigenvalue weighted by Crippen LogP contribution is -2.25. The quantitative estimate of drug-likeness (QED) is 0.417. The minimum Gasteiger partial charge on any atom is -0.439 e. The van der Waals surface area contributed by atoms with Gasteiger partial charge in [-0.15, -0.1) is 0 Å². The number of rotatable bonds is 6. The average Bonchev–Trinajstić information content (AvgIpc) is 3.15. The highest BCUT2D eigenvalue weighted by Crippen LogP contribution is 2.30. The lowest BCUT2D eigenvalue weighted by molar-refractivity contribution is 0.151. The second kappa shape index (κ2) is 10.5. The van der Waals surface area contributed by atoms with Gasteiger partial charge < -0.3 is 17.0 Å². The molecule has 1 saturated heterocycles. The fourth-order valence-corrected chi connectivity index (χ4v) is 3.51. The molecule has 0 aliphatic carbocycles. The SMILES string of the molecule is [CH2-]CCC(C)/C=C(\C=NC)C1OC(=O)NC1c1cccc(C#Cc2ccccc2)c1. The molecule has 1 N–H and O–H groups in total. The van der Waals surface area contributed by atoms with Gasteiger partial charge in [-0.3, -0.25) is 4.99 Å². The van der Waals surface area contributed by atoms with Crippen LogP contribution in [0.1, 0.15) is 42.5 Å². The van der Waals surface area contributed by atoms with Crippen LogP contribution in [0, 0.1) is 24.7 Å². The smallest absolute Gasteiger partial charge is 0.408 e. The average molecular weight is 400 g/mol. The number of amides is 1. The molecule has 3 atom stereocenters. The maximum Gasteiger partial charge on any atom is 0.408 e. The van der Waals surface area contributed by atoms with Crippen LogP contribution in [0.3, 0.4) is 0 Å². The van der Waals surface area contributed by atoms with E-state index in [0.29, 0.717) is 5.92 Å². The Morgan fingerprint density at radius 2 is 1.93 bits per heavy atom. The molecule has 3 rings (SSSR count). The third-order valence-corrected chi connectivity index (χ3v) is 4.92. The first kappa shape index (κ1) is 21.4. The Labute approximate surface area is 179 Å². The van der Waals surface area contributed by atoms with Gasteiger partial charge in [0, 0.05) is 30.0 Å². The first-order valence-corrected chi connectivity index (χ1v) is 10.2. The summed E-state index contributed by atoms with van der Waals surface area (Å²) in [6, 6.07) is 17.5. The van der Waals surface area contributed by atoms with Crippen molar-refractivity contribution in [3.05, 3.63) is 89.9 Å². The summed E-state index contributed by atoms with van der Waals surface area (Å²) in [5.41, 5.74) is 3.69. The number of allylic oxidation sites excluding steroid dienone is 1. The van der Waals surface area contributed by atoms with Crippen LogP contribution in [-0.2, 0) is 4.74 Å². The van der Waals surface area contributed by atoms with Crippen LogP contribution in [0.5, 0.6) is 0 Å².